The molecule has 0 amide bonds. The summed E-state index contributed by atoms with van der Waals surface area (Å²) in [6.45, 7) is 0. The lowest BCUT2D eigenvalue weighted by molar-refractivity contribution is 0.104. The third-order valence-electron chi connectivity index (χ3n) is 2.54. The van der Waals surface area contributed by atoms with E-state index in [1.54, 1.807) is 24.3 Å². The topological polar surface area (TPSA) is 69.1 Å². The molecule has 0 saturated carbocycles. The number of hydrogen-bond donors (Lipinski definition) is 2. The molecule has 0 spiro atoms. The van der Waals surface area contributed by atoms with E-state index in [-0.39, 0.29) is 32.8 Å². The van der Waals surface area contributed by atoms with Gasteiger partial charge in [-0.3, -0.25) is 4.79 Å². The lowest BCUT2D eigenvalue weighted by Gasteiger charge is -2.11. The zero-order valence-electron chi connectivity index (χ0n) is 9.28. The lowest BCUT2D eigenvalue weighted by atomic mass is 10.0. The number of anilines is 2. The number of ketones is 1. The van der Waals surface area contributed by atoms with Crippen LogP contribution in [0, 0.1) is 0 Å². The van der Waals surface area contributed by atoms with Crippen LogP contribution in [-0.2, 0) is 0 Å². The van der Waals surface area contributed by atoms with E-state index in [0.29, 0.717) is 5.56 Å². The van der Waals surface area contributed by atoms with Crippen LogP contribution in [0.1, 0.15) is 15.9 Å². The second kappa shape index (κ2) is 4.88. The highest BCUT2D eigenvalue weighted by atomic mass is 35.5. The first-order valence-corrected chi connectivity index (χ1v) is 5.90. The Labute approximate surface area is 114 Å². The van der Waals surface area contributed by atoms with Gasteiger partial charge in [-0.15, -0.1) is 0 Å². The van der Waals surface area contributed by atoms with Crippen LogP contribution < -0.4 is 11.5 Å². The van der Waals surface area contributed by atoms with Crippen LogP contribution in [0.15, 0.2) is 36.4 Å². The van der Waals surface area contributed by atoms with Crippen molar-refractivity contribution >= 4 is 40.4 Å². The smallest absolute Gasteiger partial charge is 0.196 e. The molecule has 0 unspecified atom stereocenters. The molecule has 0 atom stereocenters. The van der Waals surface area contributed by atoms with Crippen molar-refractivity contribution in [3.63, 3.8) is 0 Å². The van der Waals surface area contributed by atoms with Crippen molar-refractivity contribution in [2.45, 2.75) is 0 Å². The molecule has 0 fully saturated rings. The second-order valence-electron chi connectivity index (χ2n) is 3.75. The molecule has 92 valence electrons. The number of carbonyl (C=O) groups is 1. The maximum atomic E-state index is 12.3. The van der Waals surface area contributed by atoms with Gasteiger partial charge in [-0.1, -0.05) is 53.5 Å². The molecule has 0 aliphatic rings. The largest absolute Gasteiger partial charge is 0.397 e. The van der Waals surface area contributed by atoms with E-state index in [4.69, 9.17) is 34.7 Å². The van der Waals surface area contributed by atoms with Crippen molar-refractivity contribution in [2.75, 3.05) is 11.5 Å². The quantitative estimate of drug-likeness (QED) is 0.654. The monoisotopic (exact) mass is 280 g/mol. The van der Waals surface area contributed by atoms with Crippen LogP contribution in [0.3, 0.4) is 0 Å². The van der Waals surface area contributed by atoms with Gasteiger partial charge in [0.25, 0.3) is 0 Å². The normalized spacial score (nSPS) is 10.3. The van der Waals surface area contributed by atoms with Crippen LogP contribution >= 0.6 is 23.2 Å². The third kappa shape index (κ3) is 2.15. The van der Waals surface area contributed by atoms with Crippen LogP contribution in [-0.4, -0.2) is 5.78 Å². The highest BCUT2D eigenvalue weighted by molar-refractivity contribution is 6.41. The molecule has 18 heavy (non-hydrogen) atoms. The number of nitrogen functional groups attached to an aromatic ring is 2. The predicted octanol–water partition coefficient (Wildman–Crippen LogP) is 3.39. The van der Waals surface area contributed by atoms with Gasteiger partial charge in [0, 0.05) is 5.56 Å². The summed E-state index contributed by atoms with van der Waals surface area (Å²) in [5, 5.41) is 0.349. The fourth-order valence-electron chi connectivity index (χ4n) is 1.63. The van der Waals surface area contributed by atoms with Crippen LogP contribution in [0.25, 0.3) is 0 Å². The van der Waals surface area contributed by atoms with Gasteiger partial charge in [-0.05, 0) is 6.07 Å². The lowest BCUT2D eigenvalue weighted by Crippen LogP contribution is -2.08. The van der Waals surface area contributed by atoms with Crippen molar-refractivity contribution in [3.05, 3.63) is 57.6 Å². The van der Waals surface area contributed by atoms with Crippen LogP contribution in [0.4, 0.5) is 11.4 Å². The molecule has 0 saturated heterocycles. The van der Waals surface area contributed by atoms with E-state index in [9.17, 15) is 4.79 Å². The summed E-state index contributed by atoms with van der Waals surface area (Å²) < 4.78 is 0. The number of benzene rings is 2. The maximum Gasteiger partial charge on any atom is 0.196 e. The van der Waals surface area contributed by atoms with E-state index in [0.717, 1.165) is 0 Å². The predicted molar refractivity (Wildman–Crippen MR) is 75.2 cm³/mol. The first-order valence-electron chi connectivity index (χ1n) is 5.15. The van der Waals surface area contributed by atoms with E-state index >= 15 is 0 Å². The molecule has 0 aliphatic heterocycles. The Kier molecular flexibility index (Phi) is 3.45. The Hall–Kier alpha value is -1.71. The molecule has 0 bridgehead atoms. The molecule has 5 heteroatoms. The van der Waals surface area contributed by atoms with Crippen molar-refractivity contribution in [1.82, 2.24) is 0 Å². The molecule has 0 radical (unpaired) electrons. The first-order chi connectivity index (χ1) is 8.52. The summed E-state index contributed by atoms with van der Waals surface area (Å²) in [5.74, 6) is -0.278. The number of nitrogens with two attached hydrogens (primary N) is 2. The average Bonchev–Trinajstić information content (AvgIpc) is 2.37. The molecule has 3 nitrogen and oxygen atoms in total. The van der Waals surface area contributed by atoms with Crippen molar-refractivity contribution in [2.24, 2.45) is 0 Å². The van der Waals surface area contributed by atoms with Crippen molar-refractivity contribution in [3.8, 4) is 0 Å². The molecule has 2 aromatic carbocycles. The van der Waals surface area contributed by atoms with Crippen LogP contribution in [0.2, 0.25) is 10.0 Å². The van der Waals surface area contributed by atoms with Gasteiger partial charge in [0.15, 0.2) is 5.78 Å². The zero-order valence-corrected chi connectivity index (χ0v) is 10.8. The Morgan fingerprint density at radius 2 is 1.67 bits per heavy atom. The molecule has 4 N–H and O–H groups in total. The molecular weight excluding hydrogens is 271 g/mol. The SMILES string of the molecule is Nc1cc(Cl)c(C(=O)c2ccccc2)c(N)c1Cl. The van der Waals surface area contributed by atoms with Gasteiger partial charge in [0.1, 0.15) is 0 Å². The third-order valence-corrected chi connectivity index (χ3v) is 3.26. The van der Waals surface area contributed by atoms with Crippen LogP contribution in [0.5, 0.6) is 0 Å². The van der Waals surface area contributed by atoms with Gasteiger partial charge < -0.3 is 11.5 Å². The highest BCUT2D eigenvalue weighted by Gasteiger charge is 2.19. The number of rotatable bonds is 2. The maximum absolute atomic E-state index is 12.3. The number of hydrogen-bond acceptors (Lipinski definition) is 3. The van der Waals surface area contributed by atoms with Crippen molar-refractivity contribution in [1.29, 1.82) is 0 Å². The Balaban J connectivity index is 2.59. The molecule has 0 aromatic heterocycles. The standard InChI is InChI=1S/C13H10Cl2N2O/c14-8-6-9(16)11(15)12(17)10(8)13(18)7-4-2-1-3-5-7/h1-6H,16-17H2. The summed E-state index contributed by atoms with van der Waals surface area (Å²) in [4.78, 5) is 12.3. The first kappa shape index (κ1) is 12.7. The minimum Gasteiger partial charge on any atom is -0.397 e. The molecule has 2 aromatic rings. The minimum atomic E-state index is -0.278. The van der Waals surface area contributed by atoms with E-state index in [1.807, 2.05) is 6.07 Å². The van der Waals surface area contributed by atoms with Gasteiger partial charge in [0.05, 0.1) is 27.0 Å². The average molecular weight is 281 g/mol. The minimum absolute atomic E-state index is 0.107. The number of carbonyl (C=O) groups excluding carboxylic acids is 1. The highest BCUT2D eigenvalue weighted by Crippen LogP contribution is 2.35. The Morgan fingerprint density at radius 1 is 1.06 bits per heavy atom. The summed E-state index contributed by atoms with van der Waals surface area (Å²) in [7, 11) is 0. The van der Waals surface area contributed by atoms with E-state index in [1.165, 1.54) is 6.07 Å². The summed E-state index contributed by atoms with van der Waals surface area (Å²) in [6.07, 6.45) is 0. The van der Waals surface area contributed by atoms with E-state index in [2.05, 4.69) is 0 Å². The molecule has 2 rings (SSSR count). The Morgan fingerprint density at radius 3 is 2.28 bits per heavy atom. The van der Waals surface area contributed by atoms with E-state index < -0.39 is 0 Å². The fraction of sp³-hybridized carbons (Fsp3) is 0. The number of halogens is 2. The van der Waals surface area contributed by atoms with Crippen molar-refractivity contribution < 1.29 is 4.79 Å². The van der Waals surface area contributed by atoms with Gasteiger partial charge in [-0.25, -0.2) is 0 Å². The molecular formula is C13H10Cl2N2O. The summed E-state index contributed by atoms with van der Waals surface area (Å²) in [5.41, 5.74) is 12.5. The molecule has 0 aliphatic carbocycles. The van der Waals surface area contributed by atoms with Gasteiger partial charge in [0.2, 0.25) is 0 Å². The summed E-state index contributed by atoms with van der Waals surface area (Å²) in [6, 6.07) is 10.1. The zero-order chi connectivity index (χ0) is 13.3. The fourth-order valence-corrected chi connectivity index (χ4v) is 2.08. The molecule has 0 heterocycles. The summed E-state index contributed by atoms with van der Waals surface area (Å²) >= 11 is 11.9. The van der Waals surface area contributed by atoms with Gasteiger partial charge in [-0.2, -0.15) is 0 Å². The second-order valence-corrected chi connectivity index (χ2v) is 4.53. The van der Waals surface area contributed by atoms with Gasteiger partial charge >= 0.3 is 0 Å². The Bertz CT molecular complexity index is 612.